The van der Waals surface area contributed by atoms with Crippen LogP contribution >= 0.6 is 0 Å². The van der Waals surface area contributed by atoms with Gasteiger partial charge in [0.1, 0.15) is 5.78 Å². The average molecular weight is 321 g/mol. The zero-order chi connectivity index (χ0) is 16.8. The molecule has 5 nitrogen and oxygen atoms in total. The Morgan fingerprint density at radius 1 is 1.13 bits per heavy atom. The van der Waals surface area contributed by atoms with Crippen molar-refractivity contribution < 1.29 is 20.1 Å². The van der Waals surface area contributed by atoms with Crippen LogP contribution in [0.5, 0.6) is 0 Å². The summed E-state index contributed by atoms with van der Waals surface area (Å²) in [4.78, 5) is 13.7. The van der Waals surface area contributed by atoms with Gasteiger partial charge in [-0.3, -0.25) is 9.69 Å². The first kappa shape index (κ1) is 18.1. The lowest BCUT2D eigenvalue weighted by atomic mass is 10.0. The number of benzene rings is 1. The summed E-state index contributed by atoms with van der Waals surface area (Å²) in [5.41, 5.74) is 1.23. The van der Waals surface area contributed by atoms with Crippen LogP contribution in [0.1, 0.15) is 31.7 Å². The molecular formula is C18H27NO4. The quantitative estimate of drug-likeness (QED) is 0.658. The molecule has 2 rings (SSSR count). The molecule has 1 aromatic carbocycles. The minimum Gasteiger partial charge on any atom is -0.395 e. The van der Waals surface area contributed by atoms with Gasteiger partial charge in [-0.15, -0.1) is 0 Å². The summed E-state index contributed by atoms with van der Waals surface area (Å²) in [5.74, 6) is 0.0629. The van der Waals surface area contributed by atoms with Crippen LogP contribution in [0, 0.1) is 0 Å². The normalized spacial score (nSPS) is 28.2. The van der Waals surface area contributed by atoms with E-state index in [1.165, 1.54) is 5.56 Å². The molecule has 1 aromatic rings. The summed E-state index contributed by atoms with van der Waals surface area (Å²) in [6, 6.07) is 9.19. The van der Waals surface area contributed by atoms with E-state index in [1.807, 2.05) is 23.1 Å². The molecule has 3 N–H and O–H groups in total. The first-order chi connectivity index (χ1) is 11.1. The Kier molecular flexibility index (Phi) is 6.72. The van der Waals surface area contributed by atoms with Gasteiger partial charge in [0.05, 0.1) is 24.9 Å². The topological polar surface area (TPSA) is 81.0 Å². The van der Waals surface area contributed by atoms with E-state index >= 15 is 0 Å². The van der Waals surface area contributed by atoms with Crippen LogP contribution in [0.2, 0.25) is 0 Å². The van der Waals surface area contributed by atoms with Gasteiger partial charge in [0.25, 0.3) is 0 Å². The molecular weight excluding hydrogens is 294 g/mol. The highest BCUT2D eigenvalue weighted by molar-refractivity contribution is 5.78. The Labute approximate surface area is 137 Å². The zero-order valence-corrected chi connectivity index (χ0v) is 13.6. The van der Waals surface area contributed by atoms with Gasteiger partial charge in [0, 0.05) is 18.9 Å². The number of ketones is 1. The molecule has 1 heterocycles. The molecule has 0 aliphatic carbocycles. The lowest BCUT2D eigenvalue weighted by molar-refractivity contribution is -0.120. The number of hydrogen-bond donors (Lipinski definition) is 3. The molecule has 4 atom stereocenters. The number of aryl methyl sites for hydroxylation is 1. The Bertz CT molecular complexity index is 493. The second-order valence-corrected chi connectivity index (χ2v) is 6.22. The Hall–Kier alpha value is -1.27. The van der Waals surface area contributed by atoms with Gasteiger partial charge in [-0.2, -0.15) is 0 Å². The van der Waals surface area contributed by atoms with Gasteiger partial charge in [-0.25, -0.2) is 0 Å². The fraction of sp³-hybridized carbons (Fsp3) is 0.611. The fourth-order valence-electron chi connectivity index (χ4n) is 3.36. The maximum atomic E-state index is 11.8. The second kappa shape index (κ2) is 8.55. The minimum absolute atomic E-state index is 0.0629. The number of likely N-dealkylation sites (tertiary alicyclic amines) is 1. The highest BCUT2D eigenvalue weighted by Crippen LogP contribution is 2.28. The number of carbonyl (C=O) groups excluding carboxylic acids is 1. The standard InChI is InChI=1S/C18H27NO4/c1-2-14(21)11-15-17(22)18(23)16(12-20)19(15)10-6-9-13-7-4-3-5-8-13/h3-5,7-8,15-18,20,22-23H,2,6,9-12H2,1H3/t15-,16-,17-,18-/m1/s1. The summed E-state index contributed by atoms with van der Waals surface area (Å²) in [6.45, 7) is 2.21. The Balaban J connectivity index is 2.00. The molecule has 0 radical (unpaired) electrons. The molecule has 0 unspecified atom stereocenters. The second-order valence-electron chi connectivity index (χ2n) is 6.22. The van der Waals surface area contributed by atoms with Crippen LogP contribution in [-0.2, 0) is 11.2 Å². The van der Waals surface area contributed by atoms with Gasteiger partial charge in [0.2, 0.25) is 0 Å². The number of carbonyl (C=O) groups is 1. The summed E-state index contributed by atoms with van der Waals surface area (Å²) in [6.07, 6.45) is 0.371. The monoisotopic (exact) mass is 321 g/mol. The number of aliphatic hydroxyl groups excluding tert-OH is 3. The van der Waals surface area contributed by atoms with Crippen molar-refractivity contribution in [2.75, 3.05) is 13.2 Å². The zero-order valence-electron chi connectivity index (χ0n) is 13.6. The van der Waals surface area contributed by atoms with Crippen molar-refractivity contribution in [2.45, 2.75) is 56.9 Å². The van der Waals surface area contributed by atoms with Crippen LogP contribution in [0.3, 0.4) is 0 Å². The first-order valence-corrected chi connectivity index (χ1v) is 8.36. The number of aliphatic hydroxyl groups is 3. The highest BCUT2D eigenvalue weighted by atomic mass is 16.3. The van der Waals surface area contributed by atoms with Crippen molar-refractivity contribution in [3.8, 4) is 0 Å². The van der Waals surface area contributed by atoms with Crippen molar-refractivity contribution >= 4 is 5.78 Å². The van der Waals surface area contributed by atoms with Crippen LogP contribution < -0.4 is 0 Å². The van der Waals surface area contributed by atoms with Gasteiger partial charge in [-0.1, -0.05) is 37.3 Å². The van der Waals surface area contributed by atoms with E-state index in [-0.39, 0.29) is 18.8 Å². The van der Waals surface area contributed by atoms with E-state index in [2.05, 4.69) is 12.1 Å². The molecule has 0 bridgehead atoms. The minimum atomic E-state index is -1.01. The molecule has 1 aliphatic heterocycles. The largest absolute Gasteiger partial charge is 0.395 e. The maximum absolute atomic E-state index is 11.8. The molecule has 0 saturated carbocycles. The van der Waals surface area contributed by atoms with Gasteiger partial charge < -0.3 is 15.3 Å². The van der Waals surface area contributed by atoms with Gasteiger partial charge >= 0.3 is 0 Å². The first-order valence-electron chi connectivity index (χ1n) is 8.36. The van der Waals surface area contributed by atoms with E-state index in [9.17, 15) is 20.1 Å². The smallest absolute Gasteiger partial charge is 0.134 e. The van der Waals surface area contributed by atoms with E-state index in [0.717, 1.165) is 12.8 Å². The van der Waals surface area contributed by atoms with E-state index in [1.54, 1.807) is 6.92 Å². The highest BCUT2D eigenvalue weighted by Gasteiger charge is 2.47. The van der Waals surface area contributed by atoms with Crippen molar-refractivity contribution in [3.05, 3.63) is 35.9 Å². The molecule has 1 aliphatic rings. The average Bonchev–Trinajstić information content (AvgIpc) is 2.80. The summed E-state index contributed by atoms with van der Waals surface area (Å²) >= 11 is 0. The summed E-state index contributed by atoms with van der Waals surface area (Å²) < 4.78 is 0. The number of hydrogen-bond acceptors (Lipinski definition) is 5. The van der Waals surface area contributed by atoms with Crippen molar-refractivity contribution in [2.24, 2.45) is 0 Å². The van der Waals surface area contributed by atoms with Crippen LogP contribution in [-0.4, -0.2) is 63.4 Å². The van der Waals surface area contributed by atoms with E-state index < -0.39 is 24.3 Å². The maximum Gasteiger partial charge on any atom is 0.134 e. The third kappa shape index (κ3) is 4.38. The molecule has 23 heavy (non-hydrogen) atoms. The molecule has 0 amide bonds. The number of nitrogens with zero attached hydrogens (tertiary/aromatic N) is 1. The SMILES string of the molecule is CCC(=O)C[C@@H]1[C@@H](O)[C@H](O)[C@@H](CO)N1CCCc1ccccc1. The van der Waals surface area contributed by atoms with Crippen LogP contribution in [0.25, 0.3) is 0 Å². The lowest BCUT2D eigenvalue weighted by Gasteiger charge is -2.29. The number of Topliss-reactive ketones (excluding diaryl/α,β-unsaturated/α-hetero) is 1. The van der Waals surface area contributed by atoms with E-state index in [0.29, 0.717) is 13.0 Å². The van der Waals surface area contributed by atoms with Crippen LogP contribution in [0.4, 0.5) is 0 Å². The number of rotatable bonds is 8. The van der Waals surface area contributed by atoms with Gasteiger partial charge in [-0.05, 0) is 24.9 Å². The molecule has 128 valence electrons. The molecule has 0 aromatic heterocycles. The third-order valence-corrected chi connectivity index (χ3v) is 4.73. The molecule has 0 spiro atoms. The molecule has 1 fully saturated rings. The lowest BCUT2D eigenvalue weighted by Crippen LogP contribution is -2.43. The van der Waals surface area contributed by atoms with E-state index in [4.69, 9.17) is 0 Å². The van der Waals surface area contributed by atoms with Crippen molar-refractivity contribution in [1.82, 2.24) is 4.90 Å². The predicted octanol–water partition coefficient (Wildman–Crippen LogP) is 0.755. The van der Waals surface area contributed by atoms with Crippen molar-refractivity contribution in [1.29, 1.82) is 0 Å². The van der Waals surface area contributed by atoms with Crippen LogP contribution in [0.15, 0.2) is 30.3 Å². The Morgan fingerprint density at radius 3 is 2.39 bits per heavy atom. The Morgan fingerprint density at radius 2 is 1.78 bits per heavy atom. The molecule has 1 saturated heterocycles. The summed E-state index contributed by atoms with van der Waals surface area (Å²) in [7, 11) is 0. The summed E-state index contributed by atoms with van der Waals surface area (Å²) in [5, 5.41) is 29.9. The van der Waals surface area contributed by atoms with Crippen molar-refractivity contribution in [3.63, 3.8) is 0 Å². The van der Waals surface area contributed by atoms with Gasteiger partial charge in [0.15, 0.2) is 0 Å². The third-order valence-electron chi connectivity index (χ3n) is 4.73. The fourth-order valence-corrected chi connectivity index (χ4v) is 3.36. The molecule has 5 heteroatoms. The predicted molar refractivity (Wildman–Crippen MR) is 88.1 cm³/mol.